The Morgan fingerprint density at radius 2 is 1.73 bits per heavy atom. The normalized spacial score (nSPS) is 15.0. The molecule has 0 fully saturated rings. The molecule has 2 aliphatic rings. The van der Waals surface area contributed by atoms with Crippen LogP contribution in [0.25, 0.3) is 0 Å². The van der Waals surface area contributed by atoms with Crippen LogP contribution in [0.5, 0.6) is 0 Å². The summed E-state index contributed by atoms with van der Waals surface area (Å²) in [6, 6.07) is 0. The Hall–Kier alpha value is -3.50. The lowest BCUT2D eigenvalue weighted by Gasteiger charge is -2.23. The minimum absolute atomic E-state index is 0.0199. The summed E-state index contributed by atoms with van der Waals surface area (Å²) in [6.45, 7) is 0.297. The third-order valence-electron chi connectivity index (χ3n) is 3.33. The van der Waals surface area contributed by atoms with Gasteiger partial charge in [0.25, 0.3) is 17.7 Å². The Labute approximate surface area is 147 Å². The minimum Gasteiger partial charge on any atom is -0.330 e. The number of carbonyl (C=O) groups is 6. The number of hydrogen-bond donors (Lipinski definition) is 0. The summed E-state index contributed by atoms with van der Waals surface area (Å²) in [4.78, 5) is 79.2. The van der Waals surface area contributed by atoms with Crippen molar-refractivity contribution in [3.63, 3.8) is 0 Å². The topological polar surface area (TPSA) is 131 Å². The van der Waals surface area contributed by atoms with Crippen molar-refractivity contribution in [1.29, 1.82) is 0 Å². The van der Waals surface area contributed by atoms with Gasteiger partial charge in [-0.3, -0.25) is 19.2 Å². The Bertz CT molecular complexity index is 708. The molecule has 0 aromatic carbocycles. The SMILES string of the molecule is CN(OC(=O)C(=O)N1C=CC1)C(=O)CCCC(=O)ON1C(=O)C=CC1=O. The number of nitrogens with zero attached hydrogens (tertiary/aromatic N) is 3. The van der Waals surface area contributed by atoms with Gasteiger partial charge in [-0.25, -0.2) is 9.59 Å². The highest BCUT2D eigenvalue weighted by molar-refractivity contribution is 6.32. The molecule has 11 heteroatoms. The van der Waals surface area contributed by atoms with Crippen LogP contribution in [0.3, 0.4) is 0 Å². The molecule has 0 unspecified atom stereocenters. The third kappa shape index (κ3) is 4.53. The number of amides is 4. The molecule has 0 bridgehead atoms. The summed E-state index contributed by atoms with van der Waals surface area (Å²) in [5.41, 5.74) is 0. The number of hydroxylamine groups is 4. The molecule has 0 spiro atoms. The van der Waals surface area contributed by atoms with Gasteiger partial charge in [0.15, 0.2) is 0 Å². The number of rotatable bonds is 5. The van der Waals surface area contributed by atoms with Gasteiger partial charge >= 0.3 is 17.8 Å². The summed E-state index contributed by atoms with van der Waals surface area (Å²) in [5, 5.41) is 0.917. The fourth-order valence-corrected chi connectivity index (χ4v) is 1.86. The van der Waals surface area contributed by atoms with Crippen LogP contribution in [-0.2, 0) is 38.4 Å². The second-order valence-electron chi connectivity index (χ2n) is 5.23. The van der Waals surface area contributed by atoms with Gasteiger partial charge in [-0.15, -0.1) is 0 Å². The maximum absolute atomic E-state index is 11.8. The molecule has 2 rings (SSSR count). The van der Waals surface area contributed by atoms with Gasteiger partial charge in [-0.1, -0.05) is 5.06 Å². The lowest BCUT2D eigenvalue weighted by atomic mass is 10.2. The first-order valence-corrected chi connectivity index (χ1v) is 7.52. The first-order valence-electron chi connectivity index (χ1n) is 7.52. The maximum Gasteiger partial charge on any atom is 0.421 e. The molecule has 0 aromatic rings. The Morgan fingerprint density at radius 3 is 2.27 bits per heavy atom. The second kappa shape index (κ2) is 8.05. The molecule has 11 nitrogen and oxygen atoms in total. The fraction of sp³-hybridized carbons (Fsp3) is 0.333. The zero-order valence-corrected chi connectivity index (χ0v) is 13.7. The van der Waals surface area contributed by atoms with E-state index in [4.69, 9.17) is 0 Å². The average molecular weight is 365 g/mol. The monoisotopic (exact) mass is 365 g/mol. The van der Waals surface area contributed by atoms with Crippen molar-refractivity contribution in [2.75, 3.05) is 13.6 Å². The molecule has 0 radical (unpaired) electrons. The fourth-order valence-electron chi connectivity index (χ4n) is 1.86. The summed E-state index contributed by atoms with van der Waals surface area (Å²) in [6.07, 6.45) is 4.57. The molecule has 0 saturated heterocycles. The van der Waals surface area contributed by atoms with E-state index in [1.807, 2.05) is 0 Å². The lowest BCUT2D eigenvalue weighted by molar-refractivity contribution is -0.197. The van der Waals surface area contributed by atoms with Crippen molar-refractivity contribution in [3.8, 4) is 0 Å². The Morgan fingerprint density at radius 1 is 1.12 bits per heavy atom. The van der Waals surface area contributed by atoms with Crippen molar-refractivity contribution in [2.24, 2.45) is 0 Å². The predicted molar refractivity (Wildman–Crippen MR) is 80.7 cm³/mol. The molecule has 4 amide bonds. The van der Waals surface area contributed by atoms with Gasteiger partial charge in [-0.05, 0) is 12.5 Å². The number of hydrogen-bond acceptors (Lipinski definition) is 8. The zero-order chi connectivity index (χ0) is 19.3. The minimum atomic E-state index is -1.21. The summed E-state index contributed by atoms with van der Waals surface area (Å²) >= 11 is 0. The lowest BCUT2D eigenvalue weighted by Crippen LogP contribution is -2.41. The van der Waals surface area contributed by atoms with Crippen molar-refractivity contribution < 1.29 is 38.4 Å². The van der Waals surface area contributed by atoms with Crippen molar-refractivity contribution in [2.45, 2.75) is 19.3 Å². The van der Waals surface area contributed by atoms with E-state index in [-0.39, 0.29) is 19.3 Å². The highest BCUT2D eigenvalue weighted by Gasteiger charge is 2.29. The van der Waals surface area contributed by atoms with Crippen LogP contribution < -0.4 is 0 Å². The second-order valence-corrected chi connectivity index (χ2v) is 5.23. The number of carbonyl (C=O) groups excluding carboxylic acids is 6. The van der Waals surface area contributed by atoms with E-state index in [0.29, 0.717) is 16.7 Å². The highest BCUT2D eigenvalue weighted by atomic mass is 16.7. The quantitative estimate of drug-likeness (QED) is 0.338. The van der Waals surface area contributed by atoms with Crippen molar-refractivity contribution in [3.05, 3.63) is 24.4 Å². The summed E-state index contributed by atoms with van der Waals surface area (Å²) in [7, 11) is 1.16. The van der Waals surface area contributed by atoms with Crippen LogP contribution in [0.4, 0.5) is 0 Å². The molecule has 2 heterocycles. The van der Waals surface area contributed by atoms with E-state index in [2.05, 4.69) is 9.68 Å². The molecule has 0 saturated carbocycles. The Kier molecular flexibility index (Phi) is 5.83. The van der Waals surface area contributed by atoms with Gasteiger partial charge < -0.3 is 14.6 Å². The first kappa shape index (κ1) is 18.8. The van der Waals surface area contributed by atoms with Gasteiger partial charge in [0.2, 0.25) is 0 Å². The molecular formula is C15H15N3O8. The number of imide groups is 1. The third-order valence-corrected chi connectivity index (χ3v) is 3.33. The van der Waals surface area contributed by atoms with Crippen LogP contribution in [0.15, 0.2) is 24.4 Å². The van der Waals surface area contributed by atoms with Gasteiger partial charge in [-0.2, -0.15) is 5.06 Å². The van der Waals surface area contributed by atoms with Crippen molar-refractivity contribution in [1.82, 2.24) is 15.0 Å². The van der Waals surface area contributed by atoms with Crippen LogP contribution in [0.2, 0.25) is 0 Å². The molecular weight excluding hydrogens is 350 g/mol. The standard InChI is InChI=1S/C15H15N3O8/c1-16(26-15(24)14(23)17-8-3-9-17)10(19)4-2-5-13(22)25-18-11(20)6-7-12(18)21/h3,6-8H,2,4-5,9H2,1H3. The van der Waals surface area contributed by atoms with Crippen molar-refractivity contribution >= 4 is 35.6 Å². The Balaban J connectivity index is 1.67. The highest BCUT2D eigenvalue weighted by Crippen LogP contribution is 2.09. The van der Waals surface area contributed by atoms with E-state index in [1.54, 1.807) is 6.08 Å². The summed E-state index contributed by atoms with van der Waals surface area (Å²) in [5.74, 6) is -5.16. The smallest absolute Gasteiger partial charge is 0.330 e. The first-order chi connectivity index (χ1) is 12.3. The molecule has 26 heavy (non-hydrogen) atoms. The summed E-state index contributed by atoms with van der Waals surface area (Å²) < 4.78 is 0. The van der Waals surface area contributed by atoms with Crippen LogP contribution in [-0.4, -0.2) is 64.2 Å². The molecule has 0 aromatic heterocycles. The molecule has 138 valence electrons. The maximum atomic E-state index is 11.8. The molecule has 2 aliphatic heterocycles. The van der Waals surface area contributed by atoms with Gasteiger partial charge in [0.05, 0.1) is 0 Å². The van der Waals surface area contributed by atoms with E-state index < -0.39 is 35.6 Å². The molecule has 0 aliphatic carbocycles. The van der Waals surface area contributed by atoms with Crippen LogP contribution in [0.1, 0.15) is 19.3 Å². The van der Waals surface area contributed by atoms with E-state index in [1.165, 1.54) is 6.20 Å². The largest absolute Gasteiger partial charge is 0.421 e. The molecule has 0 atom stereocenters. The zero-order valence-electron chi connectivity index (χ0n) is 13.7. The van der Waals surface area contributed by atoms with Crippen LogP contribution in [0, 0.1) is 0 Å². The average Bonchev–Trinajstić information content (AvgIpc) is 2.84. The van der Waals surface area contributed by atoms with Crippen LogP contribution >= 0.6 is 0 Å². The van der Waals surface area contributed by atoms with Gasteiger partial charge in [0.1, 0.15) is 0 Å². The van der Waals surface area contributed by atoms with Gasteiger partial charge in [0, 0.05) is 44.8 Å². The van der Waals surface area contributed by atoms with E-state index in [0.717, 1.165) is 24.1 Å². The molecule has 0 N–H and O–H groups in total. The predicted octanol–water partition coefficient (Wildman–Crippen LogP) is -1.19. The van der Waals surface area contributed by atoms with E-state index >= 15 is 0 Å². The van der Waals surface area contributed by atoms with E-state index in [9.17, 15) is 28.8 Å².